The number of carbonyl (C=O) groups is 2. The van der Waals surface area contributed by atoms with Crippen LogP contribution in [0, 0.1) is 6.92 Å². The molecule has 0 aliphatic rings. The first-order valence-corrected chi connectivity index (χ1v) is 9.35. The highest BCUT2D eigenvalue weighted by atomic mass is 35.5. The highest BCUT2D eigenvalue weighted by molar-refractivity contribution is 6.31. The van der Waals surface area contributed by atoms with Gasteiger partial charge in [0.25, 0.3) is 11.8 Å². The fraction of sp³-hybridized carbons (Fsp3) is 0.0435. The summed E-state index contributed by atoms with van der Waals surface area (Å²) in [5, 5.41) is 6.73. The molecule has 6 heteroatoms. The van der Waals surface area contributed by atoms with E-state index < -0.39 is 5.91 Å². The van der Waals surface area contributed by atoms with Crippen LogP contribution in [0.25, 0.3) is 11.0 Å². The average Bonchev–Trinajstić information content (AvgIpc) is 3.07. The number of hydrogen-bond acceptors (Lipinski definition) is 3. The van der Waals surface area contributed by atoms with Gasteiger partial charge in [0.1, 0.15) is 11.3 Å². The van der Waals surface area contributed by atoms with E-state index in [0.717, 1.165) is 5.56 Å². The number of nitrogens with one attached hydrogen (secondary N) is 2. The Morgan fingerprint density at radius 3 is 2.45 bits per heavy atom. The number of hydrogen-bond donors (Lipinski definition) is 2. The van der Waals surface area contributed by atoms with E-state index in [-0.39, 0.29) is 11.7 Å². The Labute approximate surface area is 172 Å². The minimum Gasteiger partial charge on any atom is -0.449 e. The number of fused-ring (bicyclic) bond motifs is 1. The lowest BCUT2D eigenvalue weighted by Crippen LogP contribution is -2.17. The van der Waals surface area contributed by atoms with Gasteiger partial charge in [-0.3, -0.25) is 9.59 Å². The normalized spacial score (nSPS) is 10.7. The summed E-state index contributed by atoms with van der Waals surface area (Å²) < 4.78 is 5.76. The fourth-order valence-corrected chi connectivity index (χ4v) is 3.25. The highest BCUT2D eigenvalue weighted by Crippen LogP contribution is 2.32. The SMILES string of the molecule is Cc1cccc(C(=O)Nc2c(C(=O)Nc3cccc(Cl)c3)oc3ccccc23)c1. The molecule has 29 heavy (non-hydrogen) atoms. The van der Waals surface area contributed by atoms with E-state index in [1.807, 2.05) is 25.1 Å². The average molecular weight is 405 g/mol. The molecule has 0 saturated carbocycles. The quantitative estimate of drug-likeness (QED) is 0.445. The number of furan rings is 1. The van der Waals surface area contributed by atoms with Gasteiger partial charge in [0.2, 0.25) is 5.76 Å². The van der Waals surface area contributed by atoms with E-state index >= 15 is 0 Å². The van der Waals surface area contributed by atoms with Crippen LogP contribution in [0.3, 0.4) is 0 Å². The van der Waals surface area contributed by atoms with Crippen molar-refractivity contribution in [3.63, 3.8) is 0 Å². The fourth-order valence-electron chi connectivity index (χ4n) is 3.06. The van der Waals surface area contributed by atoms with Crippen molar-refractivity contribution in [3.05, 3.63) is 94.7 Å². The molecule has 0 fully saturated rings. The molecule has 0 bridgehead atoms. The number of rotatable bonds is 4. The Morgan fingerprint density at radius 1 is 0.862 bits per heavy atom. The predicted octanol–water partition coefficient (Wildman–Crippen LogP) is 5.90. The van der Waals surface area contributed by atoms with Crippen LogP contribution in [0.2, 0.25) is 5.02 Å². The molecule has 0 atom stereocenters. The third kappa shape index (κ3) is 4.00. The maximum absolute atomic E-state index is 12.9. The molecule has 0 radical (unpaired) electrons. The largest absolute Gasteiger partial charge is 0.449 e. The van der Waals surface area contributed by atoms with Crippen molar-refractivity contribution in [2.24, 2.45) is 0 Å². The van der Waals surface area contributed by atoms with E-state index in [4.69, 9.17) is 16.0 Å². The summed E-state index contributed by atoms with van der Waals surface area (Å²) in [6.07, 6.45) is 0. The van der Waals surface area contributed by atoms with E-state index in [2.05, 4.69) is 10.6 Å². The maximum Gasteiger partial charge on any atom is 0.293 e. The second kappa shape index (κ2) is 7.81. The first kappa shape index (κ1) is 18.8. The third-order valence-corrected chi connectivity index (χ3v) is 4.64. The number of aryl methyl sites for hydroxylation is 1. The number of amides is 2. The first-order chi connectivity index (χ1) is 14.0. The van der Waals surface area contributed by atoms with Crippen LogP contribution in [0.15, 0.2) is 77.2 Å². The van der Waals surface area contributed by atoms with Gasteiger partial charge in [0, 0.05) is 21.7 Å². The zero-order chi connectivity index (χ0) is 20.4. The second-order valence-electron chi connectivity index (χ2n) is 6.59. The van der Waals surface area contributed by atoms with Gasteiger partial charge in [-0.05, 0) is 49.4 Å². The zero-order valence-corrected chi connectivity index (χ0v) is 16.3. The molecule has 0 saturated heterocycles. The molecule has 2 N–H and O–H groups in total. The van der Waals surface area contributed by atoms with Crippen molar-refractivity contribution < 1.29 is 14.0 Å². The molecule has 0 unspecified atom stereocenters. The number of benzene rings is 3. The monoisotopic (exact) mass is 404 g/mol. The molecule has 2 amide bonds. The topological polar surface area (TPSA) is 71.3 Å². The van der Waals surface area contributed by atoms with E-state index in [9.17, 15) is 9.59 Å². The summed E-state index contributed by atoms with van der Waals surface area (Å²) in [7, 11) is 0. The second-order valence-corrected chi connectivity index (χ2v) is 7.03. The Balaban J connectivity index is 1.70. The Kier molecular flexibility index (Phi) is 5.06. The summed E-state index contributed by atoms with van der Waals surface area (Å²) in [6, 6.07) is 21.2. The van der Waals surface area contributed by atoms with E-state index in [1.165, 1.54) is 0 Å². The molecule has 0 aliphatic carbocycles. The third-order valence-electron chi connectivity index (χ3n) is 4.40. The lowest BCUT2D eigenvalue weighted by atomic mass is 10.1. The summed E-state index contributed by atoms with van der Waals surface area (Å²) in [5.74, 6) is -0.785. The van der Waals surface area contributed by atoms with Crippen molar-refractivity contribution in [1.82, 2.24) is 0 Å². The van der Waals surface area contributed by atoms with Gasteiger partial charge in [0.15, 0.2) is 0 Å². The molecule has 144 valence electrons. The van der Waals surface area contributed by atoms with E-state index in [1.54, 1.807) is 54.6 Å². The van der Waals surface area contributed by atoms with Crippen LogP contribution in [0.5, 0.6) is 0 Å². The van der Waals surface area contributed by atoms with Crippen LogP contribution >= 0.6 is 11.6 Å². The number of para-hydroxylation sites is 1. The Morgan fingerprint density at radius 2 is 1.66 bits per heavy atom. The standard InChI is InChI=1S/C23H17ClN2O3/c1-14-6-4-7-15(12-14)22(27)26-20-18-10-2-3-11-19(18)29-21(20)23(28)25-17-9-5-8-16(24)13-17/h2-13H,1H3,(H,25,28)(H,26,27). The molecule has 0 aliphatic heterocycles. The Hall–Kier alpha value is -3.57. The van der Waals surface area contributed by atoms with Gasteiger partial charge < -0.3 is 15.1 Å². The number of carbonyl (C=O) groups excluding carboxylic acids is 2. The van der Waals surface area contributed by atoms with Gasteiger partial charge in [0.05, 0.1) is 0 Å². The summed E-state index contributed by atoms with van der Waals surface area (Å²) in [5.41, 5.74) is 2.82. The van der Waals surface area contributed by atoms with E-state index in [0.29, 0.717) is 32.9 Å². The zero-order valence-electron chi connectivity index (χ0n) is 15.5. The first-order valence-electron chi connectivity index (χ1n) is 8.98. The maximum atomic E-state index is 12.9. The lowest BCUT2D eigenvalue weighted by molar-refractivity contribution is 0.0999. The molecular weight excluding hydrogens is 388 g/mol. The highest BCUT2D eigenvalue weighted by Gasteiger charge is 2.23. The minimum absolute atomic E-state index is 0.0205. The van der Waals surface area contributed by atoms with Crippen LogP contribution in [0.1, 0.15) is 26.5 Å². The van der Waals surface area contributed by atoms with Gasteiger partial charge in [-0.2, -0.15) is 0 Å². The van der Waals surface area contributed by atoms with Crippen molar-refractivity contribution in [2.45, 2.75) is 6.92 Å². The molecule has 4 aromatic rings. The molecule has 4 rings (SSSR count). The summed E-state index contributed by atoms with van der Waals surface area (Å²) in [6.45, 7) is 1.91. The lowest BCUT2D eigenvalue weighted by Gasteiger charge is -2.08. The van der Waals surface area contributed by atoms with Crippen LogP contribution in [-0.4, -0.2) is 11.8 Å². The Bertz CT molecular complexity index is 1230. The van der Waals surface area contributed by atoms with Crippen LogP contribution in [-0.2, 0) is 0 Å². The van der Waals surface area contributed by atoms with Crippen molar-refractivity contribution >= 4 is 45.8 Å². The number of halogens is 1. The van der Waals surface area contributed by atoms with Gasteiger partial charge >= 0.3 is 0 Å². The molecule has 1 heterocycles. The predicted molar refractivity (Wildman–Crippen MR) is 115 cm³/mol. The minimum atomic E-state index is -0.483. The van der Waals surface area contributed by atoms with Gasteiger partial charge in [-0.1, -0.05) is 47.5 Å². The van der Waals surface area contributed by atoms with Crippen molar-refractivity contribution in [2.75, 3.05) is 10.6 Å². The van der Waals surface area contributed by atoms with Crippen molar-refractivity contribution in [3.8, 4) is 0 Å². The smallest absolute Gasteiger partial charge is 0.293 e. The van der Waals surface area contributed by atoms with Crippen LogP contribution in [0.4, 0.5) is 11.4 Å². The molecule has 3 aromatic carbocycles. The summed E-state index contributed by atoms with van der Waals surface area (Å²) >= 11 is 5.99. The molecular formula is C23H17ClN2O3. The van der Waals surface area contributed by atoms with Gasteiger partial charge in [-0.25, -0.2) is 0 Å². The van der Waals surface area contributed by atoms with Gasteiger partial charge in [-0.15, -0.1) is 0 Å². The number of anilines is 2. The van der Waals surface area contributed by atoms with Crippen LogP contribution < -0.4 is 10.6 Å². The van der Waals surface area contributed by atoms with Crippen molar-refractivity contribution in [1.29, 1.82) is 0 Å². The summed E-state index contributed by atoms with van der Waals surface area (Å²) in [4.78, 5) is 25.7. The molecule has 0 spiro atoms. The molecule has 5 nitrogen and oxygen atoms in total. The molecule has 1 aromatic heterocycles.